The molecule has 0 aliphatic carbocycles. The van der Waals surface area contributed by atoms with Crippen LogP contribution in [0.25, 0.3) is 0 Å². The van der Waals surface area contributed by atoms with Gasteiger partial charge in [0.2, 0.25) is 0 Å². The van der Waals surface area contributed by atoms with Gasteiger partial charge in [-0.2, -0.15) is 5.10 Å². The standard InChI is InChI=1S/C10H18N4/c1-2-3-4-5-6-7-14-9-12-10(8-11)13-14/h2,9H,1,3-8,11H2. The minimum Gasteiger partial charge on any atom is -0.324 e. The number of nitrogens with two attached hydrogens (primary N) is 1. The molecule has 0 aliphatic heterocycles. The van der Waals surface area contributed by atoms with Crippen LogP contribution in [0.5, 0.6) is 0 Å². The number of hydrogen-bond acceptors (Lipinski definition) is 3. The molecule has 0 bridgehead atoms. The number of aromatic nitrogens is 3. The van der Waals surface area contributed by atoms with Gasteiger partial charge >= 0.3 is 0 Å². The summed E-state index contributed by atoms with van der Waals surface area (Å²) in [5, 5.41) is 4.21. The van der Waals surface area contributed by atoms with E-state index in [1.54, 1.807) is 6.33 Å². The molecule has 0 fully saturated rings. The first kappa shape index (κ1) is 10.9. The smallest absolute Gasteiger partial charge is 0.164 e. The molecule has 0 aromatic carbocycles. The molecular weight excluding hydrogens is 176 g/mol. The Bertz CT molecular complexity index is 267. The van der Waals surface area contributed by atoms with Gasteiger partial charge < -0.3 is 5.73 Å². The first-order valence-corrected chi connectivity index (χ1v) is 5.06. The van der Waals surface area contributed by atoms with Gasteiger partial charge in [0.05, 0.1) is 6.54 Å². The van der Waals surface area contributed by atoms with Crippen LogP contribution in [0.4, 0.5) is 0 Å². The van der Waals surface area contributed by atoms with Gasteiger partial charge in [0.25, 0.3) is 0 Å². The zero-order valence-electron chi connectivity index (χ0n) is 8.52. The maximum Gasteiger partial charge on any atom is 0.164 e. The zero-order valence-corrected chi connectivity index (χ0v) is 8.52. The average molecular weight is 194 g/mol. The minimum absolute atomic E-state index is 0.420. The van der Waals surface area contributed by atoms with Gasteiger partial charge in [0.15, 0.2) is 5.82 Å². The van der Waals surface area contributed by atoms with Gasteiger partial charge in [-0.1, -0.05) is 12.5 Å². The summed E-state index contributed by atoms with van der Waals surface area (Å²) in [5.74, 6) is 0.719. The van der Waals surface area contributed by atoms with E-state index in [1.165, 1.54) is 12.8 Å². The largest absolute Gasteiger partial charge is 0.324 e. The lowest BCUT2D eigenvalue weighted by atomic mass is 10.2. The monoisotopic (exact) mass is 194 g/mol. The Morgan fingerprint density at radius 2 is 2.29 bits per heavy atom. The Kier molecular flexibility index (Phi) is 4.93. The fourth-order valence-electron chi connectivity index (χ4n) is 1.27. The van der Waals surface area contributed by atoms with Crippen LogP contribution in [-0.2, 0) is 13.1 Å². The van der Waals surface area contributed by atoms with Crippen molar-refractivity contribution in [3.8, 4) is 0 Å². The molecule has 1 heterocycles. The number of nitrogens with zero attached hydrogens (tertiary/aromatic N) is 3. The Balaban J connectivity index is 2.14. The fraction of sp³-hybridized carbons (Fsp3) is 0.600. The van der Waals surface area contributed by atoms with Crippen LogP contribution in [0.15, 0.2) is 19.0 Å². The highest BCUT2D eigenvalue weighted by atomic mass is 15.3. The Morgan fingerprint density at radius 1 is 1.43 bits per heavy atom. The number of rotatable bonds is 7. The van der Waals surface area contributed by atoms with Crippen molar-refractivity contribution in [3.63, 3.8) is 0 Å². The van der Waals surface area contributed by atoms with Crippen molar-refractivity contribution in [1.29, 1.82) is 0 Å². The van der Waals surface area contributed by atoms with Crippen molar-refractivity contribution in [1.82, 2.24) is 14.8 Å². The van der Waals surface area contributed by atoms with Gasteiger partial charge in [-0.05, 0) is 19.3 Å². The predicted molar refractivity (Wildman–Crippen MR) is 56.6 cm³/mol. The molecule has 1 rings (SSSR count). The van der Waals surface area contributed by atoms with Crippen molar-refractivity contribution in [2.75, 3.05) is 0 Å². The summed E-state index contributed by atoms with van der Waals surface area (Å²) in [6.45, 7) is 5.04. The fourth-order valence-corrected chi connectivity index (χ4v) is 1.27. The van der Waals surface area contributed by atoms with Gasteiger partial charge in [0, 0.05) is 6.54 Å². The van der Waals surface area contributed by atoms with Crippen LogP contribution in [-0.4, -0.2) is 14.8 Å². The quantitative estimate of drug-likeness (QED) is 0.528. The van der Waals surface area contributed by atoms with E-state index in [0.717, 1.165) is 25.2 Å². The van der Waals surface area contributed by atoms with E-state index >= 15 is 0 Å². The van der Waals surface area contributed by atoms with Crippen molar-refractivity contribution < 1.29 is 0 Å². The molecule has 4 heteroatoms. The predicted octanol–water partition coefficient (Wildman–Crippen LogP) is 1.48. The van der Waals surface area contributed by atoms with Crippen LogP contribution < -0.4 is 5.73 Å². The molecule has 0 unspecified atom stereocenters. The number of hydrogen-bond donors (Lipinski definition) is 1. The third-order valence-corrected chi connectivity index (χ3v) is 2.06. The molecule has 0 saturated heterocycles. The molecule has 0 atom stereocenters. The maximum absolute atomic E-state index is 5.41. The van der Waals surface area contributed by atoms with E-state index < -0.39 is 0 Å². The summed E-state index contributed by atoms with van der Waals surface area (Å²) in [7, 11) is 0. The van der Waals surface area contributed by atoms with Crippen LogP contribution in [0.1, 0.15) is 31.5 Å². The van der Waals surface area contributed by atoms with Crippen LogP contribution in [0.3, 0.4) is 0 Å². The van der Waals surface area contributed by atoms with Crippen molar-refractivity contribution in [2.45, 2.75) is 38.8 Å². The molecule has 1 aromatic rings. The van der Waals surface area contributed by atoms with Gasteiger partial charge in [-0.3, -0.25) is 4.68 Å². The Labute approximate surface area is 84.8 Å². The van der Waals surface area contributed by atoms with Gasteiger partial charge in [0.1, 0.15) is 6.33 Å². The lowest BCUT2D eigenvalue weighted by molar-refractivity contribution is 0.541. The first-order chi connectivity index (χ1) is 6.86. The van der Waals surface area contributed by atoms with Crippen LogP contribution in [0, 0.1) is 0 Å². The van der Waals surface area contributed by atoms with E-state index in [4.69, 9.17) is 5.73 Å². The zero-order chi connectivity index (χ0) is 10.2. The highest BCUT2D eigenvalue weighted by Gasteiger charge is 1.97. The molecule has 1 aromatic heterocycles. The highest BCUT2D eigenvalue weighted by Crippen LogP contribution is 2.01. The van der Waals surface area contributed by atoms with Crippen molar-refractivity contribution >= 4 is 0 Å². The van der Waals surface area contributed by atoms with Gasteiger partial charge in [-0.15, -0.1) is 6.58 Å². The van der Waals surface area contributed by atoms with E-state index in [0.29, 0.717) is 6.54 Å². The van der Waals surface area contributed by atoms with E-state index in [1.807, 2.05) is 10.8 Å². The molecule has 78 valence electrons. The summed E-state index contributed by atoms with van der Waals surface area (Å²) in [5.41, 5.74) is 5.41. The molecule has 14 heavy (non-hydrogen) atoms. The second-order valence-electron chi connectivity index (χ2n) is 3.27. The summed E-state index contributed by atoms with van der Waals surface area (Å²) in [6.07, 6.45) is 8.37. The number of unbranched alkanes of at least 4 members (excludes halogenated alkanes) is 3. The summed E-state index contributed by atoms with van der Waals surface area (Å²) in [4.78, 5) is 4.06. The third-order valence-electron chi connectivity index (χ3n) is 2.06. The second-order valence-corrected chi connectivity index (χ2v) is 3.27. The van der Waals surface area contributed by atoms with E-state index in [2.05, 4.69) is 16.7 Å². The lowest BCUT2D eigenvalue weighted by Crippen LogP contribution is -2.02. The lowest BCUT2D eigenvalue weighted by Gasteiger charge is -1.99. The number of aryl methyl sites for hydroxylation is 1. The molecule has 0 radical (unpaired) electrons. The molecule has 0 saturated carbocycles. The first-order valence-electron chi connectivity index (χ1n) is 5.06. The normalized spacial score (nSPS) is 10.4. The molecule has 0 amide bonds. The van der Waals surface area contributed by atoms with Crippen molar-refractivity contribution in [2.24, 2.45) is 5.73 Å². The van der Waals surface area contributed by atoms with Crippen LogP contribution >= 0.6 is 0 Å². The average Bonchev–Trinajstić information content (AvgIpc) is 2.65. The Hall–Kier alpha value is -1.16. The highest BCUT2D eigenvalue weighted by molar-refractivity contribution is 4.78. The second kappa shape index (κ2) is 6.32. The Morgan fingerprint density at radius 3 is 2.93 bits per heavy atom. The SMILES string of the molecule is C=CCCCCCn1cnc(CN)n1. The van der Waals surface area contributed by atoms with E-state index in [9.17, 15) is 0 Å². The number of allylic oxidation sites excluding steroid dienone is 1. The third kappa shape index (κ3) is 3.70. The maximum atomic E-state index is 5.41. The molecule has 2 N–H and O–H groups in total. The van der Waals surface area contributed by atoms with E-state index in [-0.39, 0.29) is 0 Å². The summed E-state index contributed by atoms with van der Waals surface area (Å²) >= 11 is 0. The van der Waals surface area contributed by atoms with Crippen molar-refractivity contribution in [3.05, 3.63) is 24.8 Å². The molecule has 0 aliphatic rings. The topological polar surface area (TPSA) is 56.7 Å². The molecule has 4 nitrogen and oxygen atoms in total. The minimum atomic E-state index is 0.420. The van der Waals surface area contributed by atoms with Gasteiger partial charge in [-0.25, -0.2) is 4.98 Å². The summed E-state index contributed by atoms with van der Waals surface area (Å²) < 4.78 is 1.86. The van der Waals surface area contributed by atoms with Crippen LogP contribution in [0.2, 0.25) is 0 Å². The molecular formula is C10H18N4. The summed E-state index contributed by atoms with van der Waals surface area (Å²) in [6, 6.07) is 0. The molecule has 0 spiro atoms.